The average Bonchev–Trinajstić information content (AvgIpc) is 2.71. The van der Waals surface area contributed by atoms with Crippen LogP contribution in [0.1, 0.15) is 18.2 Å². The van der Waals surface area contributed by atoms with Gasteiger partial charge in [0.1, 0.15) is 22.4 Å². The van der Waals surface area contributed by atoms with Gasteiger partial charge >= 0.3 is 0 Å². The molecule has 0 aliphatic rings. The topological polar surface area (TPSA) is 57.9 Å². The van der Waals surface area contributed by atoms with E-state index in [9.17, 15) is 0 Å². The quantitative estimate of drug-likeness (QED) is 0.913. The molecule has 1 aromatic carbocycles. The number of rotatable bonds is 4. The van der Waals surface area contributed by atoms with Crippen LogP contribution in [-0.2, 0) is 0 Å². The highest BCUT2D eigenvalue weighted by molar-refractivity contribution is 7.10. The zero-order chi connectivity index (χ0) is 13.0. The van der Waals surface area contributed by atoms with Crippen molar-refractivity contribution in [3.63, 3.8) is 0 Å². The van der Waals surface area contributed by atoms with Crippen LogP contribution in [0.15, 0.2) is 24.3 Å². The Balaban J connectivity index is 2.23. The lowest BCUT2D eigenvalue weighted by molar-refractivity contribution is 0.340. The van der Waals surface area contributed by atoms with E-state index in [0.29, 0.717) is 12.2 Å². The maximum atomic E-state index is 9.06. The molecule has 5 heteroatoms. The molecule has 1 heterocycles. The highest BCUT2D eigenvalue weighted by Crippen LogP contribution is 2.28. The summed E-state index contributed by atoms with van der Waals surface area (Å²) in [4.78, 5) is 0. The van der Waals surface area contributed by atoms with E-state index in [1.807, 2.05) is 38.1 Å². The highest BCUT2D eigenvalue weighted by atomic mass is 32.1. The van der Waals surface area contributed by atoms with Gasteiger partial charge < -0.3 is 10.1 Å². The summed E-state index contributed by atoms with van der Waals surface area (Å²) in [5, 5.41) is 13.0. The van der Waals surface area contributed by atoms with Gasteiger partial charge in [-0.15, -0.1) is 0 Å². The maximum absolute atomic E-state index is 9.06. The average molecular weight is 259 g/mol. The fourth-order valence-corrected chi connectivity index (χ4v) is 2.32. The highest BCUT2D eigenvalue weighted by Gasteiger charge is 2.10. The Morgan fingerprint density at radius 2 is 2.33 bits per heavy atom. The Morgan fingerprint density at radius 1 is 1.50 bits per heavy atom. The first kappa shape index (κ1) is 12.4. The van der Waals surface area contributed by atoms with E-state index in [4.69, 9.17) is 10.00 Å². The fraction of sp³-hybridized carbons (Fsp3) is 0.231. The van der Waals surface area contributed by atoms with Gasteiger partial charge in [0.25, 0.3) is 0 Å². The second kappa shape index (κ2) is 5.52. The minimum Gasteiger partial charge on any atom is -0.494 e. The van der Waals surface area contributed by atoms with E-state index < -0.39 is 0 Å². The van der Waals surface area contributed by atoms with Gasteiger partial charge in [-0.3, -0.25) is 0 Å². The van der Waals surface area contributed by atoms with Crippen molar-refractivity contribution < 1.29 is 4.74 Å². The molecule has 0 aliphatic carbocycles. The number of hydrogen-bond donors (Lipinski definition) is 1. The van der Waals surface area contributed by atoms with E-state index in [0.717, 1.165) is 22.1 Å². The molecular formula is C13H13N3OS. The molecule has 2 rings (SSSR count). The Hall–Kier alpha value is -2.06. The minimum absolute atomic E-state index is 0.599. The van der Waals surface area contributed by atoms with Crippen molar-refractivity contribution >= 4 is 22.2 Å². The molecule has 0 saturated carbocycles. The lowest BCUT2D eigenvalue weighted by Gasteiger charge is -2.07. The smallest absolute Gasteiger partial charge is 0.132 e. The molecule has 0 radical (unpaired) electrons. The summed E-state index contributed by atoms with van der Waals surface area (Å²) in [7, 11) is 0. The zero-order valence-electron chi connectivity index (χ0n) is 10.2. The summed E-state index contributed by atoms with van der Waals surface area (Å²) in [5.74, 6) is 0.808. The standard InChI is InChI=1S/C13H13N3OS/c1-3-17-11-6-4-5-10(7-11)15-13-12(8-14)9(2)16-18-13/h4-7,15H,3H2,1-2H3. The molecule has 0 atom stereocenters. The molecule has 0 spiro atoms. The second-order valence-corrected chi connectivity index (χ2v) is 4.44. The van der Waals surface area contributed by atoms with Gasteiger partial charge in [0.15, 0.2) is 0 Å². The van der Waals surface area contributed by atoms with Crippen molar-refractivity contribution in [2.24, 2.45) is 0 Å². The Labute approximate surface area is 110 Å². The number of nitrogens with one attached hydrogen (secondary N) is 1. The number of hydrogen-bond acceptors (Lipinski definition) is 5. The molecule has 18 heavy (non-hydrogen) atoms. The fourth-order valence-electron chi connectivity index (χ4n) is 1.55. The number of anilines is 2. The van der Waals surface area contributed by atoms with Crippen LogP contribution in [0.25, 0.3) is 0 Å². The summed E-state index contributed by atoms with van der Waals surface area (Å²) in [6.45, 7) is 4.41. The van der Waals surface area contributed by atoms with Crippen LogP contribution in [0.5, 0.6) is 5.75 Å². The summed E-state index contributed by atoms with van der Waals surface area (Å²) >= 11 is 1.29. The second-order valence-electron chi connectivity index (χ2n) is 3.67. The molecule has 0 amide bonds. The van der Waals surface area contributed by atoms with E-state index in [1.54, 1.807) is 0 Å². The number of nitrogens with zero attached hydrogens (tertiary/aromatic N) is 2. The van der Waals surface area contributed by atoms with Crippen LogP contribution in [0.3, 0.4) is 0 Å². The van der Waals surface area contributed by atoms with Gasteiger partial charge in [0.05, 0.1) is 12.3 Å². The summed E-state index contributed by atoms with van der Waals surface area (Å²) in [6.07, 6.45) is 0. The molecule has 0 saturated heterocycles. The first-order valence-corrected chi connectivity index (χ1v) is 6.38. The van der Waals surface area contributed by atoms with E-state index in [-0.39, 0.29) is 0 Å². The number of aromatic nitrogens is 1. The van der Waals surface area contributed by atoms with Crippen LogP contribution in [0.4, 0.5) is 10.7 Å². The molecule has 4 nitrogen and oxygen atoms in total. The van der Waals surface area contributed by atoms with Crippen molar-refractivity contribution in [2.45, 2.75) is 13.8 Å². The van der Waals surface area contributed by atoms with Crippen molar-refractivity contribution in [3.05, 3.63) is 35.5 Å². The van der Waals surface area contributed by atoms with Crippen molar-refractivity contribution in [3.8, 4) is 11.8 Å². The molecule has 0 bridgehead atoms. The number of aryl methyl sites for hydroxylation is 1. The molecule has 2 aromatic rings. The van der Waals surface area contributed by atoms with Crippen LogP contribution in [-0.4, -0.2) is 11.0 Å². The van der Waals surface area contributed by atoms with Crippen molar-refractivity contribution in [1.29, 1.82) is 5.26 Å². The van der Waals surface area contributed by atoms with Gasteiger partial charge in [-0.2, -0.15) is 9.64 Å². The Morgan fingerprint density at radius 3 is 3.06 bits per heavy atom. The monoisotopic (exact) mass is 259 g/mol. The zero-order valence-corrected chi connectivity index (χ0v) is 11.0. The van der Waals surface area contributed by atoms with E-state index >= 15 is 0 Å². The molecule has 0 unspecified atom stereocenters. The molecule has 1 N–H and O–H groups in total. The molecule has 0 fully saturated rings. The lowest BCUT2D eigenvalue weighted by atomic mass is 10.2. The van der Waals surface area contributed by atoms with Gasteiger partial charge in [-0.05, 0) is 37.5 Å². The molecule has 0 aliphatic heterocycles. The van der Waals surface area contributed by atoms with Gasteiger partial charge in [0, 0.05) is 11.8 Å². The Kier molecular flexibility index (Phi) is 3.80. The van der Waals surface area contributed by atoms with E-state index in [1.165, 1.54) is 11.5 Å². The summed E-state index contributed by atoms with van der Waals surface area (Å²) in [5.41, 5.74) is 2.24. The van der Waals surface area contributed by atoms with Crippen LogP contribution in [0.2, 0.25) is 0 Å². The predicted octanol–water partition coefficient (Wildman–Crippen LogP) is 3.47. The number of benzene rings is 1. The normalized spacial score (nSPS) is 9.83. The Bertz CT molecular complexity index is 586. The SMILES string of the molecule is CCOc1cccc(Nc2snc(C)c2C#N)c1. The minimum atomic E-state index is 0.599. The van der Waals surface area contributed by atoms with Crippen LogP contribution in [0, 0.1) is 18.3 Å². The predicted molar refractivity (Wildman–Crippen MR) is 72.5 cm³/mol. The lowest BCUT2D eigenvalue weighted by Crippen LogP contribution is -1.94. The molecule has 92 valence electrons. The molecular weight excluding hydrogens is 246 g/mol. The number of nitriles is 1. The summed E-state index contributed by atoms with van der Waals surface area (Å²) < 4.78 is 9.60. The third-order valence-corrected chi connectivity index (χ3v) is 3.23. The largest absolute Gasteiger partial charge is 0.494 e. The van der Waals surface area contributed by atoms with Gasteiger partial charge in [0.2, 0.25) is 0 Å². The first-order chi connectivity index (χ1) is 8.74. The number of ether oxygens (including phenoxy) is 1. The maximum Gasteiger partial charge on any atom is 0.132 e. The van der Waals surface area contributed by atoms with E-state index in [2.05, 4.69) is 15.8 Å². The van der Waals surface area contributed by atoms with Crippen LogP contribution >= 0.6 is 11.5 Å². The van der Waals surface area contributed by atoms with Gasteiger partial charge in [-0.1, -0.05) is 6.07 Å². The van der Waals surface area contributed by atoms with Gasteiger partial charge in [-0.25, -0.2) is 0 Å². The van der Waals surface area contributed by atoms with Crippen LogP contribution < -0.4 is 10.1 Å². The van der Waals surface area contributed by atoms with Crippen molar-refractivity contribution in [2.75, 3.05) is 11.9 Å². The third-order valence-electron chi connectivity index (χ3n) is 2.38. The first-order valence-electron chi connectivity index (χ1n) is 5.61. The summed E-state index contributed by atoms with van der Waals surface area (Å²) in [6, 6.07) is 9.80. The van der Waals surface area contributed by atoms with Crippen molar-refractivity contribution in [1.82, 2.24) is 4.37 Å². The molecule has 1 aromatic heterocycles. The third kappa shape index (κ3) is 2.60.